The first-order valence-corrected chi connectivity index (χ1v) is 24.5. The normalized spacial score (nSPS) is 23.3. The zero-order valence-corrected chi connectivity index (χ0v) is 38.3. The Bertz CT molecular complexity index is 1700. The Labute approximate surface area is 370 Å². The number of rotatable bonds is 28. The molecular weight excluding hydrogens is 789 g/mol. The van der Waals surface area contributed by atoms with E-state index in [4.69, 9.17) is 28.9 Å². The van der Waals surface area contributed by atoms with Gasteiger partial charge in [0, 0.05) is 43.1 Å². The first kappa shape index (κ1) is 48.5. The number of carbonyl (C=O) groups excluding carboxylic acids is 1. The third-order valence-electron chi connectivity index (χ3n) is 12.7. The molecular formula is C50H74N2O8S. The van der Waals surface area contributed by atoms with Crippen LogP contribution >= 0.6 is 11.8 Å². The van der Waals surface area contributed by atoms with Crippen LogP contribution in [0.15, 0.2) is 76.8 Å². The molecule has 3 aliphatic rings. The summed E-state index contributed by atoms with van der Waals surface area (Å²) in [6.07, 6.45) is 22.9. The first-order chi connectivity index (χ1) is 29.8. The molecule has 0 radical (unpaired) electrons. The Hall–Kier alpha value is -3.51. The summed E-state index contributed by atoms with van der Waals surface area (Å²) in [6, 6.07) is 13.5. The number of fused-ring (bicyclic) bond motifs is 2. The number of carbonyl (C=O) groups is 1. The van der Waals surface area contributed by atoms with E-state index in [1.165, 1.54) is 44.9 Å². The van der Waals surface area contributed by atoms with Gasteiger partial charge in [0.15, 0.2) is 0 Å². The van der Waals surface area contributed by atoms with Gasteiger partial charge >= 0.3 is 6.09 Å². The summed E-state index contributed by atoms with van der Waals surface area (Å²) in [7, 11) is 1.78. The van der Waals surface area contributed by atoms with Crippen LogP contribution in [-0.2, 0) is 14.3 Å². The number of aliphatic hydroxyl groups excluding tert-OH is 2. The van der Waals surface area contributed by atoms with Gasteiger partial charge in [-0.1, -0.05) is 94.9 Å². The second kappa shape index (κ2) is 25.6. The Morgan fingerprint density at radius 3 is 2.25 bits per heavy atom. The summed E-state index contributed by atoms with van der Waals surface area (Å²) in [6.45, 7) is 9.39. The summed E-state index contributed by atoms with van der Waals surface area (Å²) < 4.78 is 26.8. The molecule has 1 aliphatic heterocycles. The van der Waals surface area contributed by atoms with Crippen LogP contribution in [0.25, 0.3) is 0 Å². The van der Waals surface area contributed by atoms with Gasteiger partial charge in [-0.2, -0.15) is 0 Å². The van der Waals surface area contributed by atoms with Crippen LogP contribution < -0.4 is 9.47 Å². The van der Waals surface area contributed by atoms with Gasteiger partial charge < -0.3 is 38.9 Å². The number of benzene rings is 2. The SMILES string of the molecule is C=CCO[C@@]12Oc3ccc(Oc4ccc(SC)cc4)cc3[C@H]3[C@H](CCCCO)[C@@H](CCCCO)C=C(C(=NOCC)C[C@@H]1N(C)C(=O)OCCCCCCCCCCCC)[C@H]32. The van der Waals surface area contributed by atoms with Crippen LogP contribution in [0.3, 0.4) is 0 Å². The number of nitrogens with zero attached hydrogens (tertiary/aromatic N) is 2. The van der Waals surface area contributed by atoms with Crippen molar-refractivity contribution in [1.29, 1.82) is 0 Å². The van der Waals surface area contributed by atoms with Crippen molar-refractivity contribution in [2.24, 2.45) is 22.9 Å². The lowest BCUT2D eigenvalue weighted by Crippen LogP contribution is -2.69. The molecule has 0 aromatic heterocycles. The summed E-state index contributed by atoms with van der Waals surface area (Å²) in [5, 5.41) is 24.5. The Balaban J connectivity index is 1.52. The number of oxime groups is 1. The van der Waals surface area contributed by atoms with Gasteiger partial charge in [-0.05, 0) is 105 Å². The van der Waals surface area contributed by atoms with E-state index in [1.54, 1.807) is 29.8 Å². The average Bonchev–Trinajstić information content (AvgIpc) is 3.28. The van der Waals surface area contributed by atoms with Crippen molar-refractivity contribution in [1.82, 2.24) is 4.90 Å². The molecule has 10 nitrogen and oxygen atoms in total. The van der Waals surface area contributed by atoms with Gasteiger partial charge in [-0.25, -0.2) is 4.79 Å². The highest BCUT2D eigenvalue weighted by atomic mass is 32.2. The highest BCUT2D eigenvalue weighted by Gasteiger charge is 2.65. The van der Waals surface area contributed by atoms with E-state index in [1.807, 2.05) is 31.2 Å². The maximum Gasteiger partial charge on any atom is 0.409 e. The molecule has 2 aromatic rings. The van der Waals surface area contributed by atoms with Crippen molar-refractivity contribution in [2.75, 3.05) is 46.3 Å². The molecule has 1 amide bonds. The van der Waals surface area contributed by atoms with Crippen LogP contribution in [0.4, 0.5) is 4.79 Å². The van der Waals surface area contributed by atoms with Gasteiger partial charge in [-0.3, -0.25) is 0 Å². The third-order valence-corrected chi connectivity index (χ3v) is 13.5. The van der Waals surface area contributed by atoms with Gasteiger partial charge in [0.1, 0.15) is 29.9 Å². The van der Waals surface area contributed by atoms with Crippen LogP contribution in [0.5, 0.6) is 17.2 Å². The van der Waals surface area contributed by atoms with Crippen molar-refractivity contribution in [3.63, 3.8) is 0 Å². The van der Waals surface area contributed by atoms with E-state index < -0.39 is 17.9 Å². The Morgan fingerprint density at radius 1 is 0.918 bits per heavy atom. The quantitative estimate of drug-likeness (QED) is 0.0373. The van der Waals surface area contributed by atoms with Crippen molar-refractivity contribution in [3.8, 4) is 17.2 Å². The smallest absolute Gasteiger partial charge is 0.409 e. The van der Waals surface area contributed by atoms with Crippen molar-refractivity contribution in [2.45, 2.75) is 146 Å². The van der Waals surface area contributed by atoms with E-state index in [0.717, 1.165) is 72.4 Å². The van der Waals surface area contributed by atoms with E-state index in [0.29, 0.717) is 44.0 Å². The second-order valence-electron chi connectivity index (χ2n) is 16.9. The van der Waals surface area contributed by atoms with Crippen molar-refractivity contribution in [3.05, 3.63) is 72.3 Å². The monoisotopic (exact) mass is 863 g/mol. The Morgan fingerprint density at radius 2 is 1.59 bits per heavy atom. The van der Waals surface area contributed by atoms with E-state index in [9.17, 15) is 15.0 Å². The van der Waals surface area contributed by atoms with E-state index in [-0.39, 0.29) is 43.5 Å². The molecule has 1 saturated carbocycles. The minimum Gasteiger partial charge on any atom is -0.459 e. The lowest BCUT2D eigenvalue weighted by molar-refractivity contribution is -0.253. The highest BCUT2D eigenvalue weighted by Crippen LogP contribution is 2.62. The molecule has 61 heavy (non-hydrogen) atoms. The van der Waals surface area contributed by atoms with Crippen LogP contribution in [0.1, 0.15) is 134 Å². The van der Waals surface area contributed by atoms with Gasteiger partial charge in [-0.15, -0.1) is 18.3 Å². The van der Waals surface area contributed by atoms with Gasteiger partial charge in [0.25, 0.3) is 0 Å². The number of hydrogen-bond acceptors (Lipinski definition) is 10. The number of unbranched alkanes of at least 4 members (excludes halogenated alkanes) is 11. The second-order valence-corrected chi connectivity index (χ2v) is 17.8. The Kier molecular flexibility index (Phi) is 20.3. The molecule has 0 spiro atoms. The summed E-state index contributed by atoms with van der Waals surface area (Å²) in [4.78, 5) is 22.8. The fraction of sp³-hybridized carbons (Fsp3) is 0.640. The molecule has 338 valence electrons. The largest absolute Gasteiger partial charge is 0.459 e. The summed E-state index contributed by atoms with van der Waals surface area (Å²) >= 11 is 1.69. The van der Waals surface area contributed by atoms with Gasteiger partial charge in [0.05, 0.1) is 24.8 Å². The van der Waals surface area contributed by atoms with E-state index >= 15 is 0 Å². The zero-order valence-electron chi connectivity index (χ0n) is 37.5. The molecule has 0 unspecified atom stereocenters. The van der Waals surface area contributed by atoms with Crippen molar-refractivity contribution >= 4 is 23.6 Å². The number of hydrogen-bond donors (Lipinski definition) is 2. The lowest BCUT2D eigenvalue weighted by Gasteiger charge is -2.59. The number of amides is 1. The van der Waals surface area contributed by atoms with Crippen molar-refractivity contribution < 1.29 is 38.8 Å². The number of aliphatic hydroxyl groups is 2. The maximum atomic E-state index is 14.1. The number of allylic oxidation sites excluding steroid dienone is 1. The molecule has 2 N–H and O–H groups in total. The molecule has 6 atom stereocenters. The minimum atomic E-state index is -1.32. The fourth-order valence-corrected chi connectivity index (χ4v) is 10.1. The summed E-state index contributed by atoms with van der Waals surface area (Å²) in [5.41, 5.74) is 2.78. The molecule has 1 heterocycles. The number of thioether (sulfide) groups is 1. The van der Waals surface area contributed by atoms with Crippen LogP contribution in [-0.4, -0.2) is 85.1 Å². The molecule has 5 rings (SSSR count). The predicted molar refractivity (Wildman–Crippen MR) is 246 cm³/mol. The highest BCUT2D eigenvalue weighted by molar-refractivity contribution is 7.98. The van der Waals surface area contributed by atoms with Crippen LogP contribution in [0.2, 0.25) is 0 Å². The molecule has 0 bridgehead atoms. The number of likely N-dealkylation sites (N-methyl/N-ethyl adjacent to an activating group) is 1. The molecule has 11 heteroatoms. The summed E-state index contributed by atoms with van der Waals surface area (Å²) in [5.74, 6) is 0.522. The van der Waals surface area contributed by atoms with Crippen LogP contribution in [0, 0.1) is 17.8 Å². The number of ether oxygens (including phenoxy) is 4. The van der Waals surface area contributed by atoms with E-state index in [2.05, 4.69) is 44.0 Å². The fourth-order valence-electron chi connectivity index (χ4n) is 9.69. The molecule has 0 saturated heterocycles. The topological polar surface area (TPSA) is 119 Å². The molecule has 2 aliphatic carbocycles. The third kappa shape index (κ3) is 12.8. The predicted octanol–water partition coefficient (Wildman–Crippen LogP) is 11.8. The molecule has 2 aromatic carbocycles. The lowest BCUT2D eigenvalue weighted by atomic mass is 9.55. The first-order valence-electron chi connectivity index (χ1n) is 23.3. The average molecular weight is 863 g/mol. The standard InChI is InChI=1S/C50H74N2O8S/c1-6-9-10-11-12-13-14-15-16-21-33-56-49(55)52(4)46-36-44(51-58-8-3)42-34-37(22-17-19-30-53)41(23-18-20-31-54)47-43-35-39(59-38-24-27-40(61-5)28-25-38)26-29-45(43)60-50(46,48(42)47)57-32-7-2/h7,24-29,34-35,37,41,46-48,53-54H,2,6,8-23,30-33,36H2,1,3-5H3/t37-,41+,46-,47+,48+,50+/m0/s1. The molecule has 1 fully saturated rings. The maximum absolute atomic E-state index is 14.1. The minimum absolute atomic E-state index is 0.116. The van der Waals surface area contributed by atoms with Gasteiger partial charge in [0.2, 0.25) is 5.79 Å². The zero-order chi connectivity index (χ0) is 43.5.